The molecule has 9 atom stereocenters. The maximum Gasteiger partial charge on any atom is 0.0373 e. The minimum Gasteiger partial charge on any atom is -0.123 e. The van der Waals surface area contributed by atoms with Crippen LogP contribution < -0.4 is 0 Å². The summed E-state index contributed by atoms with van der Waals surface area (Å²) < 4.78 is 0. The Kier molecular flexibility index (Phi) is 6.27. The molecule has 0 aliphatic heterocycles. The fourth-order valence-electron chi connectivity index (χ4n) is 8.65. The van der Waals surface area contributed by atoms with Crippen LogP contribution in [0.25, 0.3) is 0 Å². The second-order valence-electron chi connectivity index (χ2n) is 12.6. The van der Waals surface area contributed by atoms with Gasteiger partial charge in [0.25, 0.3) is 0 Å². The van der Waals surface area contributed by atoms with Crippen LogP contribution in [0.3, 0.4) is 0 Å². The second-order valence-corrected chi connectivity index (χ2v) is 13.2. The molecule has 1 heteroatoms. The van der Waals surface area contributed by atoms with E-state index in [0.717, 1.165) is 47.8 Å². The van der Waals surface area contributed by atoms with Gasteiger partial charge in [-0.1, -0.05) is 66.0 Å². The molecule has 166 valence electrons. The third-order valence-corrected chi connectivity index (χ3v) is 11.4. The zero-order valence-electron chi connectivity index (χ0n) is 20.1. The monoisotopic (exact) mass is 418 g/mol. The van der Waals surface area contributed by atoms with Crippen molar-refractivity contribution in [2.24, 2.45) is 52.3 Å². The Morgan fingerprint density at radius 1 is 0.966 bits per heavy atom. The average molecular weight is 419 g/mol. The van der Waals surface area contributed by atoms with Gasteiger partial charge in [0.2, 0.25) is 0 Å². The van der Waals surface area contributed by atoms with Gasteiger partial charge in [-0.15, -0.1) is 11.6 Å². The van der Waals surface area contributed by atoms with E-state index < -0.39 is 0 Å². The SMILES string of the molecule is CC(C)C(C)CC[C@@H](C)[C@H]1CCC2C3CC=C4CC(Cl)CC[C@]4(C)C3CC[C@@]21C. The predicted octanol–water partition coefficient (Wildman–Crippen LogP) is 8.88. The molecule has 5 unspecified atom stereocenters. The normalized spacial score (nSPS) is 46.5. The summed E-state index contributed by atoms with van der Waals surface area (Å²) in [5.41, 5.74) is 2.80. The van der Waals surface area contributed by atoms with Gasteiger partial charge >= 0.3 is 0 Å². The smallest absolute Gasteiger partial charge is 0.0373 e. The fraction of sp³-hybridized carbons (Fsp3) is 0.929. The average Bonchev–Trinajstić information content (AvgIpc) is 3.03. The number of halogens is 1. The van der Waals surface area contributed by atoms with Gasteiger partial charge in [0.15, 0.2) is 0 Å². The third-order valence-electron chi connectivity index (χ3n) is 11.0. The molecule has 0 aromatic carbocycles. The summed E-state index contributed by atoms with van der Waals surface area (Å²) in [5.74, 6) is 6.42. The Morgan fingerprint density at radius 3 is 2.45 bits per heavy atom. The van der Waals surface area contributed by atoms with Crippen LogP contribution in [0.5, 0.6) is 0 Å². The summed E-state index contributed by atoms with van der Waals surface area (Å²) in [5, 5.41) is 0.393. The van der Waals surface area contributed by atoms with Crippen molar-refractivity contribution in [3.8, 4) is 0 Å². The molecule has 3 fully saturated rings. The van der Waals surface area contributed by atoms with Gasteiger partial charge in [-0.25, -0.2) is 0 Å². The van der Waals surface area contributed by atoms with Crippen LogP contribution in [0.2, 0.25) is 0 Å². The van der Waals surface area contributed by atoms with Crippen LogP contribution in [0, 0.1) is 52.3 Å². The highest BCUT2D eigenvalue weighted by Crippen LogP contribution is 2.67. The fourth-order valence-corrected chi connectivity index (χ4v) is 8.93. The van der Waals surface area contributed by atoms with Gasteiger partial charge in [-0.05, 0) is 104 Å². The van der Waals surface area contributed by atoms with Crippen LogP contribution in [0.4, 0.5) is 0 Å². The Balaban J connectivity index is 1.49. The molecule has 0 aromatic heterocycles. The lowest BCUT2D eigenvalue weighted by molar-refractivity contribution is -0.0500. The first-order valence-electron chi connectivity index (χ1n) is 13.0. The quantitative estimate of drug-likeness (QED) is 0.308. The molecular formula is C28H47Cl. The molecule has 3 saturated carbocycles. The Labute approximate surface area is 186 Å². The van der Waals surface area contributed by atoms with Crippen molar-refractivity contribution >= 4 is 11.6 Å². The van der Waals surface area contributed by atoms with Crippen molar-refractivity contribution in [3.05, 3.63) is 11.6 Å². The van der Waals surface area contributed by atoms with Gasteiger partial charge in [-0.3, -0.25) is 0 Å². The van der Waals surface area contributed by atoms with E-state index in [-0.39, 0.29) is 0 Å². The van der Waals surface area contributed by atoms with E-state index in [4.69, 9.17) is 11.6 Å². The van der Waals surface area contributed by atoms with E-state index in [2.05, 4.69) is 47.6 Å². The van der Waals surface area contributed by atoms with Crippen LogP contribution >= 0.6 is 11.6 Å². The number of fused-ring (bicyclic) bond motifs is 5. The Morgan fingerprint density at radius 2 is 1.72 bits per heavy atom. The Bertz CT molecular complexity index is 620. The molecule has 4 rings (SSSR count). The first kappa shape index (κ1) is 22.2. The molecule has 4 aliphatic rings. The standard InChI is InChI=1S/C28H47Cl/c1-18(2)19(3)7-8-20(4)24-11-12-25-23-10-9-21-17-22(29)13-15-27(21,5)26(23)14-16-28(24,25)6/h9,18-20,22-26H,7-8,10-17H2,1-6H3/t19?,20-,22?,23?,24-,25?,26?,27+,28-/m1/s1. The maximum atomic E-state index is 6.57. The van der Waals surface area contributed by atoms with Crippen LogP contribution in [-0.4, -0.2) is 5.38 Å². The predicted molar refractivity (Wildman–Crippen MR) is 127 cm³/mol. The minimum absolute atomic E-state index is 0.393. The third kappa shape index (κ3) is 3.76. The lowest BCUT2D eigenvalue weighted by atomic mass is 9.47. The molecule has 29 heavy (non-hydrogen) atoms. The lowest BCUT2D eigenvalue weighted by Crippen LogP contribution is -2.50. The van der Waals surface area contributed by atoms with Gasteiger partial charge in [0.05, 0.1) is 0 Å². The highest BCUT2D eigenvalue weighted by molar-refractivity contribution is 6.20. The number of alkyl halides is 1. The van der Waals surface area contributed by atoms with Gasteiger partial charge < -0.3 is 0 Å². The van der Waals surface area contributed by atoms with E-state index in [9.17, 15) is 0 Å². The van der Waals surface area contributed by atoms with Crippen molar-refractivity contribution in [2.45, 2.75) is 111 Å². The highest BCUT2D eigenvalue weighted by Gasteiger charge is 2.59. The number of hydrogen-bond donors (Lipinski definition) is 0. The van der Waals surface area contributed by atoms with Gasteiger partial charge in [-0.2, -0.15) is 0 Å². The lowest BCUT2D eigenvalue weighted by Gasteiger charge is -2.58. The van der Waals surface area contributed by atoms with Gasteiger partial charge in [0.1, 0.15) is 0 Å². The molecule has 0 spiro atoms. The van der Waals surface area contributed by atoms with Crippen molar-refractivity contribution < 1.29 is 0 Å². The van der Waals surface area contributed by atoms with E-state index in [1.54, 1.807) is 5.57 Å². The molecule has 0 aromatic rings. The topological polar surface area (TPSA) is 0 Å². The summed E-state index contributed by atoms with van der Waals surface area (Å²) in [6, 6.07) is 0. The first-order chi connectivity index (χ1) is 13.7. The Hall–Kier alpha value is 0.0300. The second kappa shape index (κ2) is 8.18. The van der Waals surface area contributed by atoms with Crippen molar-refractivity contribution in [3.63, 3.8) is 0 Å². The van der Waals surface area contributed by atoms with E-state index >= 15 is 0 Å². The van der Waals surface area contributed by atoms with E-state index in [1.807, 2.05) is 0 Å². The maximum absolute atomic E-state index is 6.57. The number of allylic oxidation sites excluding steroid dienone is 2. The summed E-state index contributed by atoms with van der Waals surface area (Å²) in [7, 11) is 0. The van der Waals surface area contributed by atoms with Crippen molar-refractivity contribution in [1.29, 1.82) is 0 Å². The minimum atomic E-state index is 0.393. The number of rotatable bonds is 5. The molecule has 0 amide bonds. The zero-order valence-corrected chi connectivity index (χ0v) is 20.9. The molecular weight excluding hydrogens is 372 g/mol. The summed E-state index contributed by atoms with van der Waals surface area (Å²) >= 11 is 6.57. The zero-order chi connectivity index (χ0) is 21.0. The summed E-state index contributed by atoms with van der Waals surface area (Å²) in [4.78, 5) is 0. The molecule has 0 radical (unpaired) electrons. The molecule has 0 bridgehead atoms. The van der Waals surface area contributed by atoms with Crippen LogP contribution in [-0.2, 0) is 0 Å². The summed E-state index contributed by atoms with van der Waals surface area (Å²) in [6.45, 7) is 15.2. The van der Waals surface area contributed by atoms with Crippen LogP contribution in [0.1, 0.15) is 106 Å². The molecule has 0 heterocycles. The number of hydrogen-bond acceptors (Lipinski definition) is 0. The molecule has 0 nitrogen and oxygen atoms in total. The molecule has 0 N–H and O–H groups in total. The highest BCUT2D eigenvalue weighted by atomic mass is 35.5. The van der Waals surface area contributed by atoms with Crippen molar-refractivity contribution in [2.75, 3.05) is 0 Å². The first-order valence-corrected chi connectivity index (χ1v) is 13.4. The van der Waals surface area contributed by atoms with E-state index in [0.29, 0.717) is 16.2 Å². The molecule has 0 saturated heterocycles. The van der Waals surface area contributed by atoms with Crippen LogP contribution in [0.15, 0.2) is 11.6 Å². The largest absolute Gasteiger partial charge is 0.123 e. The van der Waals surface area contributed by atoms with Crippen molar-refractivity contribution in [1.82, 2.24) is 0 Å². The van der Waals surface area contributed by atoms with Gasteiger partial charge in [0, 0.05) is 5.38 Å². The van der Waals surface area contributed by atoms with E-state index in [1.165, 1.54) is 57.8 Å². The molecule has 4 aliphatic carbocycles. The summed E-state index contributed by atoms with van der Waals surface area (Å²) in [6.07, 6.45) is 16.6.